The first-order valence-electron chi connectivity index (χ1n) is 9.35. The number of ether oxygens (including phenoxy) is 1. The summed E-state index contributed by atoms with van der Waals surface area (Å²) in [6.45, 7) is 5.12. The third-order valence-electron chi connectivity index (χ3n) is 4.96. The topological polar surface area (TPSA) is 90.2 Å². The third-order valence-corrected chi connectivity index (χ3v) is 4.96. The van der Waals surface area contributed by atoms with Crippen LogP contribution in [-0.2, 0) is 4.74 Å². The lowest BCUT2D eigenvalue weighted by Crippen LogP contribution is -2.42. The van der Waals surface area contributed by atoms with Crippen LogP contribution in [0.1, 0.15) is 18.7 Å². The van der Waals surface area contributed by atoms with Crippen LogP contribution in [0.15, 0.2) is 30.6 Å². The Labute approximate surface area is 158 Å². The first-order chi connectivity index (χ1) is 13.3. The number of nitrogens with zero attached hydrogens (tertiary/aromatic N) is 6. The summed E-state index contributed by atoms with van der Waals surface area (Å²) < 4.78 is 5.43. The predicted octanol–water partition coefficient (Wildman–Crippen LogP) is 1.66. The Morgan fingerprint density at radius 1 is 1.11 bits per heavy atom. The number of pyridine rings is 1. The van der Waals surface area contributed by atoms with E-state index in [0.717, 1.165) is 63.9 Å². The van der Waals surface area contributed by atoms with E-state index in [0.29, 0.717) is 0 Å². The van der Waals surface area contributed by atoms with Gasteiger partial charge in [0, 0.05) is 56.4 Å². The largest absolute Gasteiger partial charge is 0.378 e. The van der Waals surface area contributed by atoms with E-state index in [2.05, 4.69) is 36.1 Å². The van der Waals surface area contributed by atoms with Crippen molar-refractivity contribution in [1.29, 1.82) is 5.26 Å². The molecule has 0 saturated carbocycles. The standard InChI is InChI=1S/C19H23N7O/c20-13-18-22-6-4-19(24-18)26-7-1-2-15(14-26)23-17-12-16(3-5-21-17)25-8-10-27-11-9-25/h3-6,12,15H,1-2,7-11,14H2,(H,21,23)/t15-/m1/s1. The van der Waals surface area contributed by atoms with Gasteiger partial charge in [0.05, 0.1) is 13.2 Å². The van der Waals surface area contributed by atoms with Crippen LogP contribution in [0.4, 0.5) is 17.3 Å². The van der Waals surface area contributed by atoms with Gasteiger partial charge >= 0.3 is 0 Å². The van der Waals surface area contributed by atoms with Crippen LogP contribution in [0.3, 0.4) is 0 Å². The number of nitrogens with one attached hydrogen (secondary N) is 1. The molecule has 140 valence electrons. The lowest BCUT2D eigenvalue weighted by Gasteiger charge is -2.34. The van der Waals surface area contributed by atoms with Gasteiger partial charge in [-0.15, -0.1) is 0 Å². The molecule has 2 aromatic heterocycles. The summed E-state index contributed by atoms with van der Waals surface area (Å²) in [6.07, 6.45) is 5.64. The van der Waals surface area contributed by atoms with Crippen molar-refractivity contribution in [3.8, 4) is 6.07 Å². The summed E-state index contributed by atoms with van der Waals surface area (Å²) in [5.74, 6) is 1.91. The highest BCUT2D eigenvalue weighted by Crippen LogP contribution is 2.22. The minimum atomic E-state index is 0.211. The molecule has 0 aliphatic carbocycles. The molecular formula is C19H23N7O. The lowest BCUT2D eigenvalue weighted by molar-refractivity contribution is 0.122. The fourth-order valence-corrected chi connectivity index (χ4v) is 3.61. The Kier molecular flexibility index (Phi) is 5.30. The maximum atomic E-state index is 9.01. The first kappa shape index (κ1) is 17.5. The van der Waals surface area contributed by atoms with Crippen molar-refractivity contribution in [2.24, 2.45) is 0 Å². The Bertz CT molecular complexity index is 816. The maximum absolute atomic E-state index is 9.01. The second-order valence-corrected chi connectivity index (χ2v) is 6.78. The molecule has 2 saturated heterocycles. The van der Waals surface area contributed by atoms with Crippen molar-refractivity contribution in [1.82, 2.24) is 15.0 Å². The zero-order chi connectivity index (χ0) is 18.5. The summed E-state index contributed by atoms with van der Waals surface area (Å²) in [5.41, 5.74) is 1.18. The molecule has 2 aliphatic heterocycles. The molecule has 0 radical (unpaired) electrons. The van der Waals surface area contributed by atoms with E-state index < -0.39 is 0 Å². The van der Waals surface area contributed by atoms with Gasteiger partial charge in [-0.1, -0.05) is 0 Å². The van der Waals surface area contributed by atoms with Gasteiger partial charge in [-0.25, -0.2) is 15.0 Å². The van der Waals surface area contributed by atoms with Gasteiger partial charge < -0.3 is 19.9 Å². The van der Waals surface area contributed by atoms with E-state index >= 15 is 0 Å². The van der Waals surface area contributed by atoms with Crippen molar-refractivity contribution >= 4 is 17.3 Å². The van der Waals surface area contributed by atoms with Gasteiger partial charge in [-0.2, -0.15) is 5.26 Å². The molecule has 0 unspecified atom stereocenters. The van der Waals surface area contributed by atoms with Gasteiger partial charge in [-0.3, -0.25) is 0 Å². The van der Waals surface area contributed by atoms with E-state index in [1.54, 1.807) is 6.20 Å². The van der Waals surface area contributed by atoms with E-state index in [-0.39, 0.29) is 11.9 Å². The quantitative estimate of drug-likeness (QED) is 0.875. The van der Waals surface area contributed by atoms with Crippen molar-refractivity contribution in [3.05, 3.63) is 36.4 Å². The highest BCUT2D eigenvalue weighted by molar-refractivity contribution is 5.54. The molecule has 27 heavy (non-hydrogen) atoms. The van der Waals surface area contributed by atoms with Crippen molar-refractivity contribution < 1.29 is 4.74 Å². The van der Waals surface area contributed by atoms with Crippen LogP contribution in [0.25, 0.3) is 0 Å². The highest BCUT2D eigenvalue weighted by atomic mass is 16.5. The number of hydrogen-bond acceptors (Lipinski definition) is 8. The summed E-state index contributed by atoms with van der Waals surface area (Å²) in [4.78, 5) is 17.3. The van der Waals surface area contributed by atoms with Crippen LogP contribution >= 0.6 is 0 Å². The molecule has 2 fully saturated rings. The first-order valence-corrected chi connectivity index (χ1v) is 9.35. The third kappa shape index (κ3) is 4.26. The zero-order valence-electron chi connectivity index (χ0n) is 15.2. The molecule has 8 heteroatoms. The van der Waals surface area contributed by atoms with Gasteiger partial charge in [0.1, 0.15) is 17.7 Å². The van der Waals surface area contributed by atoms with Crippen LogP contribution in [-0.4, -0.2) is 60.4 Å². The number of anilines is 3. The van der Waals surface area contributed by atoms with Crippen LogP contribution in [0.2, 0.25) is 0 Å². The second kappa shape index (κ2) is 8.18. The molecule has 8 nitrogen and oxygen atoms in total. The Balaban J connectivity index is 1.42. The fourth-order valence-electron chi connectivity index (χ4n) is 3.61. The number of aromatic nitrogens is 3. The van der Waals surface area contributed by atoms with Gasteiger partial charge in [0.25, 0.3) is 0 Å². The van der Waals surface area contributed by atoms with Crippen LogP contribution < -0.4 is 15.1 Å². The Hall–Kier alpha value is -2.92. The molecule has 1 N–H and O–H groups in total. The summed E-state index contributed by atoms with van der Waals surface area (Å²) in [7, 11) is 0. The monoisotopic (exact) mass is 365 g/mol. The van der Waals surface area contributed by atoms with E-state index in [1.807, 2.05) is 24.4 Å². The molecule has 0 aromatic carbocycles. The molecule has 0 bridgehead atoms. The summed E-state index contributed by atoms with van der Waals surface area (Å²) >= 11 is 0. The normalized spacial score (nSPS) is 20.2. The smallest absolute Gasteiger partial charge is 0.234 e. The molecule has 0 spiro atoms. The van der Waals surface area contributed by atoms with E-state index in [1.165, 1.54) is 5.69 Å². The minimum absolute atomic E-state index is 0.211. The molecule has 4 heterocycles. The van der Waals surface area contributed by atoms with Gasteiger partial charge in [0.15, 0.2) is 0 Å². The van der Waals surface area contributed by atoms with Crippen LogP contribution in [0.5, 0.6) is 0 Å². The fraction of sp³-hybridized carbons (Fsp3) is 0.474. The Morgan fingerprint density at radius 3 is 2.81 bits per heavy atom. The Morgan fingerprint density at radius 2 is 1.96 bits per heavy atom. The van der Waals surface area contributed by atoms with Crippen molar-refractivity contribution in [3.63, 3.8) is 0 Å². The second-order valence-electron chi connectivity index (χ2n) is 6.78. The number of morpholine rings is 1. The molecule has 2 aromatic rings. The molecule has 0 amide bonds. The zero-order valence-corrected chi connectivity index (χ0v) is 15.2. The average Bonchev–Trinajstić information content (AvgIpc) is 2.75. The van der Waals surface area contributed by atoms with Gasteiger partial charge in [-0.05, 0) is 25.0 Å². The number of rotatable bonds is 4. The van der Waals surface area contributed by atoms with Crippen molar-refractivity contribution in [2.45, 2.75) is 18.9 Å². The SMILES string of the molecule is N#Cc1nccc(N2CCC[C@@H](Nc3cc(N4CCOCC4)ccn3)C2)n1. The highest BCUT2D eigenvalue weighted by Gasteiger charge is 2.22. The average molecular weight is 365 g/mol. The number of hydrogen-bond donors (Lipinski definition) is 1. The summed E-state index contributed by atoms with van der Waals surface area (Å²) in [6, 6.07) is 8.32. The summed E-state index contributed by atoms with van der Waals surface area (Å²) in [5, 5.41) is 12.6. The number of nitriles is 1. The van der Waals surface area contributed by atoms with E-state index in [9.17, 15) is 0 Å². The number of piperidine rings is 1. The maximum Gasteiger partial charge on any atom is 0.234 e. The van der Waals surface area contributed by atoms with E-state index in [4.69, 9.17) is 10.00 Å². The van der Waals surface area contributed by atoms with Crippen LogP contribution in [0, 0.1) is 11.3 Å². The minimum Gasteiger partial charge on any atom is -0.378 e. The molecular weight excluding hydrogens is 342 g/mol. The lowest BCUT2D eigenvalue weighted by atomic mass is 10.1. The molecule has 2 aliphatic rings. The predicted molar refractivity (Wildman–Crippen MR) is 103 cm³/mol. The molecule has 1 atom stereocenters. The van der Waals surface area contributed by atoms with Gasteiger partial charge in [0.2, 0.25) is 5.82 Å². The van der Waals surface area contributed by atoms with Crippen molar-refractivity contribution in [2.75, 3.05) is 54.5 Å². The molecule has 4 rings (SSSR count).